The highest BCUT2D eigenvalue weighted by Gasteiger charge is 2.57. The number of hydrogen-bond donors (Lipinski definition) is 4. The molecule has 0 aromatic heterocycles. The first kappa shape index (κ1) is 32.9. The van der Waals surface area contributed by atoms with E-state index in [1.54, 1.807) is 27.7 Å². The molecule has 0 aliphatic rings. The number of hydrogen-bond acceptors (Lipinski definition) is 9. The molecule has 0 aliphatic carbocycles. The van der Waals surface area contributed by atoms with Gasteiger partial charge in [-0.1, -0.05) is 41.5 Å². The Morgan fingerprint density at radius 1 is 0.771 bits per heavy atom. The van der Waals surface area contributed by atoms with Crippen LogP contribution in [0.25, 0.3) is 0 Å². The van der Waals surface area contributed by atoms with Crippen LogP contribution in [0.1, 0.15) is 54.9 Å². The summed E-state index contributed by atoms with van der Waals surface area (Å²) in [6.45, 7) is 12.3. The molecule has 0 heterocycles. The van der Waals surface area contributed by atoms with Gasteiger partial charge in [0, 0.05) is 21.1 Å². The molecule has 3 amide bonds. The largest absolute Gasteiger partial charge is 0.320 e. The van der Waals surface area contributed by atoms with Crippen LogP contribution < -0.4 is 23.0 Å². The van der Waals surface area contributed by atoms with Crippen LogP contribution in [0, 0.1) is 17.8 Å². The third-order valence-electron chi connectivity index (χ3n) is 6.18. The van der Waals surface area contributed by atoms with E-state index in [0.29, 0.717) is 6.42 Å². The lowest BCUT2D eigenvalue weighted by Gasteiger charge is -2.58. The van der Waals surface area contributed by atoms with E-state index in [0.717, 1.165) is 19.7 Å². The highest BCUT2D eigenvalue weighted by molar-refractivity contribution is 5.88. The zero-order chi connectivity index (χ0) is 28.0. The third kappa shape index (κ3) is 6.98. The standard InChI is InChI=1S/C23H47N8O4/c1-13(2)11-17(25)21(34)29(9)23(28(8)20(33)16(7)24,31(27)18(12-32)14(3)4)30(10)22(35)19(26)15(5)6/h13-19H,11,24-27H2,1-10H3/t16?,17-,18+,19-,23-/m1/s1. The summed E-state index contributed by atoms with van der Waals surface area (Å²) in [4.78, 5) is 55.8. The highest BCUT2D eigenvalue weighted by Crippen LogP contribution is 2.31. The molecule has 0 spiro atoms. The minimum absolute atomic E-state index is 0.0922. The van der Waals surface area contributed by atoms with Crippen molar-refractivity contribution in [1.29, 1.82) is 0 Å². The highest BCUT2D eigenvalue weighted by atomic mass is 16.2. The molecule has 0 aliphatic heterocycles. The van der Waals surface area contributed by atoms with E-state index in [-0.39, 0.29) is 11.8 Å². The van der Waals surface area contributed by atoms with E-state index in [1.165, 1.54) is 28.1 Å². The lowest BCUT2D eigenvalue weighted by atomic mass is 10.0. The Bertz CT molecular complexity index is 745. The Labute approximate surface area is 210 Å². The first-order valence-electron chi connectivity index (χ1n) is 11.9. The van der Waals surface area contributed by atoms with Gasteiger partial charge in [-0.15, -0.1) is 0 Å². The van der Waals surface area contributed by atoms with Crippen LogP contribution in [-0.2, 0) is 19.2 Å². The summed E-state index contributed by atoms with van der Waals surface area (Å²) in [7, 11) is 4.10. The number of amides is 3. The Kier molecular flexibility index (Phi) is 12.5. The second-order valence-electron chi connectivity index (χ2n) is 10.3. The summed E-state index contributed by atoms with van der Waals surface area (Å²) in [6, 6.07) is -4.09. The average Bonchev–Trinajstić information content (AvgIpc) is 2.76. The molecule has 1 radical (unpaired) electrons. The SMILES string of the molecule is CC(C)C[C@@H](N)C(=O)N(C)[C@](N(C)C(=O)C(C)N)(N(C)C(=O)[C@H](N)C(C)C)N(N)[C@@H]([C]=O)C(C)C. The van der Waals surface area contributed by atoms with E-state index in [9.17, 15) is 19.2 Å². The van der Waals surface area contributed by atoms with Crippen molar-refractivity contribution in [2.24, 2.45) is 40.8 Å². The molecule has 5 atom stereocenters. The summed E-state index contributed by atoms with van der Waals surface area (Å²) < 4.78 is 0. The van der Waals surface area contributed by atoms with Crippen molar-refractivity contribution in [1.82, 2.24) is 19.7 Å². The molecule has 35 heavy (non-hydrogen) atoms. The number of rotatable bonds is 13. The zero-order valence-corrected chi connectivity index (χ0v) is 23.0. The number of hydrazine groups is 1. The summed E-state index contributed by atoms with van der Waals surface area (Å²) in [5, 5.41) is 0.982. The lowest BCUT2D eigenvalue weighted by molar-refractivity contribution is -0.242. The van der Waals surface area contributed by atoms with Crippen molar-refractivity contribution < 1.29 is 19.2 Å². The molecule has 0 fully saturated rings. The Hall–Kier alpha value is -2.12. The molecule has 0 rings (SSSR count). The van der Waals surface area contributed by atoms with Gasteiger partial charge >= 0.3 is 0 Å². The van der Waals surface area contributed by atoms with Crippen LogP contribution in [-0.4, -0.2) is 94.9 Å². The number of likely N-dealkylation sites (N-methyl/N-ethyl adjacent to an activating group) is 3. The third-order valence-corrected chi connectivity index (χ3v) is 6.18. The van der Waals surface area contributed by atoms with Crippen LogP contribution in [0.3, 0.4) is 0 Å². The Morgan fingerprint density at radius 3 is 1.54 bits per heavy atom. The molecule has 8 N–H and O–H groups in total. The van der Waals surface area contributed by atoms with Gasteiger partial charge in [-0.25, -0.2) is 0 Å². The van der Waals surface area contributed by atoms with Crippen molar-refractivity contribution in [3.05, 3.63) is 0 Å². The second-order valence-corrected chi connectivity index (χ2v) is 10.3. The van der Waals surface area contributed by atoms with Crippen LogP contribution in [0.15, 0.2) is 0 Å². The molecule has 12 heteroatoms. The van der Waals surface area contributed by atoms with Gasteiger partial charge in [0.2, 0.25) is 24.0 Å². The van der Waals surface area contributed by atoms with Gasteiger partial charge in [-0.05, 0) is 31.1 Å². The number of nitrogens with zero attached hydrogens (tertiary/aromatic N) is 4. The van der Waals surface area contributed by atoms with Crippen molar-refractivity contribution in [3.8, 4) is 0 Å². The van der Waals surface area contributed by atoms with Crippen LogP contribution in [0.4, 0.5) is 0 Å². The molecule has 0 saturated carbocycles. The van der Waals surface area contributed by atoms with Gasteiger partial charge in [0.15, 0.2) is 0 Å². The van der Waals surface area contributed by atoms with E-state index in [1.807, 2.05) is 20.1 Å². The molecule has 0 bridgehead atoms. The van der Waals surface area contributed by atoms with Crippen molar-refractivity contribution in [2.75, 3.05) is 21.1 Å². The van der Waals surface area contributed by atoms with E-state index in [4.69, 9.17) is 23.0 Å². The Balaban J connectivity index is 7.36. The molecule has 12 nitrogen and oxygen atoms in total. The van der Waals surface area contributed by atoms with Gasteiger partial charge in [0.1, 0.15) is 0 Å². The molecule has 0 saturated heterocycles. The predicted octanol–water partition coefficient (Wildman–Crippen LogP) is -1.01. The molecular weight excluding hydrogens is 452 g/mol. The number of carbonyl (C=O) groups excluding carboxylic acids is 4. The monoisotopic (exact) mass is 499 g/mol. The van der Waals surface area contributed by atoms with E-state index >= 15 is 0 Å². The van der Waals surface area contributed by atoms with Gasteiger partial charge in [-0.3, -0.25) is 39.7 Å². The molecular formula is C23H47N8O4. The number of nitrogens with two attached hydrogens (primary N) is 4. The molecule has 0 aromatic carbocycles. The zero-order valence-electron chi connectivity index (χ0n) is 23.0. The summed E-state index contributed by atoms with van der Waals surface area (Å²) in [5.74, 6) is 2.04. The fraction of sp³-hybridized carbons (Fsp3) is 0.826. The minimum atomic E-state index is -2.12. The fourth-order valence-electron chi connectivity index (χ4n) is 4.01. The van der Waals surface area contributed by atoms with Crippen molar-refractivity contribution >= 4 is 24.0 Å². The maximum absolute atomic E-state index is 13.6. The van der Waals surface area contributed by atoms with E-state index < -0.39 is 53.7 Å². The topological polar surface area (TPSA) is 185 Å². The first-order valence-corrected chi connectivity index (χ1v) is 11.9. The molecule has 203 valence electrons. The summed E-state index contributed by atoms with van der Waals surface area (Å²) in [5.41, 5.74) is 18.3. The van der Waals surface area contributed by atoms with Gasteiger partial charge in [0.25, 0.3) is 5.91 Å². The molecule has 1 unspecified atom stereocenters. The van der Waals surface area contributed by atoms with Gasteiger partial charge in [0.05, 0.1) is 24.2 Å². The predicted molar refractivity (Wildman–Crippen MR) is 135 cm³/mol. The first-order chi connectivity index (χ1) is 15.9. The average molecular weight is 500 g/mol. The molecule has 0 aromatic rings. The normalized spacial score (nSPS) is 17.1. The van der Waals surface area contributed by atoms with Gasteiger partial charge in [-0.2, -0.15) is 5.01 Å². The van der Waals surface area contributed by atoms with Crippen LogP contribution in [0.5, 0.6) is 0 Å². The maximum atomic E-state index is 13.6. The summed E-state index contributed by atoms with van der Waals surface area (Å²) >= 11 is 0. The smallest absolute Gasteiger partial charge is 0.275 e. The van der Waals surface area contributed by atoms with E-state index in [2.05, 4.69) is 0 Å². The van der Waals surface area contributed by atoms with Crippen LogP contribution in [0.2, 0.25) is 0 Å². The quantitative estimate of drug-likeness (QED) is 0.140. The maximum Gasteiger partial charge on any atom is 0.275 e. The Morgan fingerprint density at radius 2 is 1.20 bits per heavy atom. The second kappa shape index (κ2) is 13.3. The summed E-state index contributed by atoms with van der Waals surface area (Å²) in [6.07, 6.45) is 2.21. The fourth-order valence-corrected chi connectivity index (χ4v) is 4.01. The number of carbonyl (C=O) groups is 3. The van der Waals surface area contributed by atoms with Crippen LogP contribution >= 0.6 is 0 Å². The van der Waals surface area contributed by atoms with Gasteiger partial charge < -0.3 is 17.2 Å². The van der Waals surface area contributed by atoms with Crippen molar-refractivity contribution in [2.45, 2.75) is 85.0 Å². The minimum Gasteiger partial charge on any atom is -0.320 e. The lowest BCUT2D eigenvalue weighted by Crippen LogP contribution is -2.83. The van der Waals surface area contributed by atoms with Crippen molar-refractivity contribution in [3.63, 3.8) is 0 Å².